The van der Waals surface area contributed by atoms with E-state index in [1.807, 2.05) is 24.3 Å². The minimum atomic E-state index is -0.149. The van der Waals surface area contributed by atoms with Gasteiger partial charge in [-0.25, -0.2) is 0 Å². The van der Waals surface area contributed by atoms with Crippen LogP contribution in [-0.2, 0) is 9.53 Å². The first-order valence-electron chi connectivity index (χ1n) is 8.62. The minimum absolute atomic E-state index is 0.0223. The first-order valence-corrected chi connectivity index (χ1v) is 8.62. The number of benzene rings is 1. The van der Waals surface area contributed by atoms with Crippen LogP contribution >= 0.6 is 0 Å². The van der Waals surface area contributed by atoms with Crippen LogP contribution in [0, 0.1) is 0 Å². The van der Waals surface area contributed by atoms with Crippen LogP contribution in [0.5, 0.6) is 0 Å². The second-order valence-corrected chi connectivity index (χ2v) is 6.51. The highest BCUT2D eigenvalue weighted by Crippen LogP contribution is 2.20. The molecule has 130 valence electrons. The molecule has 0 radical (unpaired) electrons. The van der Waals surface area contributed by atoms with E-state index < -0.39 is 0 Å². The van der Waals surface area contributed by atoms with E-state index in [4.69, 9.17) is 4.74 Å². The van der Waals surface area contributed by atoms with Gasteiger partial charge in [0.1, 0.15) is 6.61 Å². The van der Waals surface area contributed by atoms with Crippen LogP contribution in [0.4, 0.5) is 5.69 Å². The second kappa shape index (κ2) is 7.66. The first kappa shape index (κ1) is 16.8. The number of likely N-dealkylation sites (N-methyl/N-ethyl adjacent to an activating group) is 1. The van der Waals surface area contributed by atoms with Crippen LogP contribution in [0.1, 0.15) is 29.6 Å². The van der Waals surface area contributed by atoms with Crippen molar-refractivity contribution in [2.75, 3.05) is 44.7 Å². The van der Waals surface area contributed by atoms with Crippen molar-refractivity contribution in [2.45, 2.75) is 25.4 Å². The summed E-state index contributed by atoms with van der Waals surface area (Å²) in [6.45, 7) is 3.19. The number of anilines is 1. The lowest BCUT2D eigenvalue weighted by Gasteiger charge is -2.30. The number of hydrogen-bond acceptors (Lipinski definition) is 4. The van der Waals surface area contributed by atoms with Gasteiger partial charge in [0.15, 0.2) is 0 Å². The zero-order chi connectivity index (χ0) is 16.9. The fourth-order valence-corrected chi connectivity index (χ4v) is 3.17. The monoisotopic (exact) mass is 331 g/mol. The molecule has 2 aliphatic heterocycles. The van der Waals surface area contributed by atoms with Crippen LogP contribution in [0.15, 0.2) is 24.3 Å². The molecule has 2 fully saturated rings. The molecular formula is C18H25N3O3. The summed E-state index contributed by atoms with van der Waals surface area (Å²) in [7, 11) is 1.75. The predicted octanol–water partition coefficient (Wildman–Crippen LogP) is 1.26. The van der Waals surface area contributed by atoms with Crippen molar-refractivity contribution in [2.24, 2.45) is 0 Å². The van der Waals surface area contributed by atoms with Crippen LogP contribution in [0.25, 0.3) is 0 Å². The molecule has 1 atom stereocenters. The summed E-state index contributed by atoms with van der Waals surface area (Å²) in [4.78, 5) is 27.6. The number of nitrogens with zero attached hydrogens (tertiary/aromatic N) is 2. The lowest BCUT2D eigenvalue weighted by molar-refractivity contribution is -0.146. The third-order valence-corrected chi connectivity index (χ3v) is 4.69. The molecule has 24 heavy (non-hydrogen) atoms. The minimum Gasteiger partial charge on any atom is -0.372 e. The number of carbonyl (C=O) groups excluding carboxylic acids is 2. The van der Waals surface area contributed by atoms with Crippen molar-refractivity contribution in [3.8, 4) is 0 Å². The topological polar surface area (TPSA) is 61.9 Å². The number of nitrogens with one attached hydrogen (secondary N) is 1. The molecule has 1 aromatic carbocycles. The Morgan fingerprint density at radius 1 is 1.21 bits per heavy atom. The zero-order valence-electron chi connectivity index (χ0n) is 14.2. The molecule has 2 heterocycles. The van der Waals surface area contributed by atoms with Crippen molar-refractivity contribution < 1.29 is 14.3 Å². The van der Waals surface area contributed by atoms with E-state index >= 15 is 0 Å². The number of ether oxygens (including phenoxy) is 1. The van der Waals surface area contributed by atoms with Crippen molar-refractivity contribution in [3.63, 3.8) is 0 Å². The zero-order valence-corrected chi connectivity index (χ0v) is 14.2. The average Bonchev–Trinajstić information content (AvgIpc) is 2.63. The summed E-state index contributed by atoms with van der Waals surface area (Å²) >= 11 is 0. The van der Waals surface area contributed by atoms with Gasteiger partial charge in [-0.3, -0.25) is 9.59 Å². The highest BCUT2D eigenvalue weighted by Gasteiger charge is 2.23. The van der Waals surface area contributed by atoms with E-state index in [2.05, 4.69) is 10.2 Å². The molecule has 2 amide bonds. The standard InChI is InChI=1S/C18H25N3O3/c1-20-12-16(24-13-17(20)22)11-19-18(23)14-5-7-15(8-6-14)21-9-3-2-4-10-21/h5-8,16H,2-4,9-13H2,1H3,(H,19,23)/t16-/m1/s1. The Kier molecular flexibility index (Phi) is 5.35. The van der Waals surface area contributed by atoms with Crippen LogP contribution in [0.2, 0.25) is 0 Å². The molecule has 0 saturated carbocycles. The summed E-state index contributed by atoms with van der Waals surface area (Å²) in [5.41, 5.74) is 1.83. The van der Waals surface area contributed by atoms with Crippen LogP contribution < -0.4 is 10.2 Å². The highest BCUT2D eigenvalue weighted by atomic mass is 16.5. The maximum Gasteiger partial charge on any atom is 0.251 e. The van der Waals surface area contributed by atoms with Gasteiger partial charge in [0.2, 0.25) is 5.91 Å². The molecule has 6 nitrogen and oxygen atoms in total. The fourth-order valence-electron chi connectivity index (χ4n) is 3.17. The second-order valence-electron chi connectivity index (χ2n) is 6.51. The van der Waals surface area contributed by atoms with E-state index in [9.17, 15) is 9.59 Å². The van der Waals surface area contributed by atoms with Gasteiger partial charge >= 0.3 is 0 Å². The van der Waals surface area contributed by atoms with E-state index in [0.717, 1.165) is 13.1 Å². The summed E-state index contributed by atoms with van der Waals surface area (Å²) in [6, 6.07) is 7.78. The molecule has 0 aliphatic carbocycles. The SMILES string of the molecule is CN1C[C@@H](CNC(=O)c2ccc(N3CCCCC3)cc2)OCC1=O. The Hall–Kier alpha value is -2.08. The third-order valence-electron chi connectivity index (χ3n) is 4.69. The van der Waals surface area contributed by atoms with Crippen LogP contribution in [0.3, 0.4) is 0 Å². The van der Waals surface area contributed by atoms with Gasteiger partial charge in [0.25, 0.3) is 5.91 Å². The molecule has 6 heteroatoms. The number of hydrogen-bond donors (Lipinski definition) is 1. The molecule has 0 aromatic heterocycles. The molecule has 1 N–H and O–H groups in total. The van der Waals surface area contributed by atoms with Gasteiger partial charge in [0.05, 0.1) is 6.10 Å². The van der Waals surface area contributed by atoms with Gasteiger partial charge in [-0.2, -0.15) is 0 Å². The third kappa shape index (κ3) is 4.06. The highest BCUT2D eigenvalue weighted by molar-refractivity contribution is 5.94. The molecule has 1 aromatic rings. The molecule has 3 rings (SSSR count). The van der Waals surface area contributed by atoms with Crippen molar-refractivity contribution in [1.29, 1.82) is 0 Å². The van der Waals surface area contributed by atoms with Crippen molar-refractivity contribution in [3.05, 3.63) is 29.8 Å². The molecule has 2 aliphatic rings. The van der Waals surface area contributed by atoms with E-state index in [-0.39, 0.29) is 24.5 Å². The Morgan fingerprint density at radius 2 is 1.92 bits per heavy atom. The molecule has 2 saturated heterocycles. The fraction of sp³-hybridized carbons (Fsp3) is 0.556. The molecular weight excluding hydrogens is 306 g/mol. The average molecular weight is 331 g/mol. The first-order chi connectivity index (χ1) is 11.6. The Labute approximate surface area is 142 Å². The van der Waals surface area contributed by atoms with Gasteiger partial charge in [-0.05, 0) is 43.5 Å². The van der Waals surface area contributed by atoms with Gasteiger partial charge in [0, 0.05) is 44.5 Å². The van der Waals surface area contributed by atoms with Gasteiger partial charge in [-0.15, -0.1) is 0 Å². The normalized spacial score (nSPS) is 21.7. The number of carbonyl (C=O) groups is 2. The number of rotatable bonds is 4. The predicted molar refractivity (Wildman–Crippen MR) is 92.2 cm³/mol. The van der Waals surface area contributed by atoms with E-state index in [1.54, 1.807) is 11.9 Å². The summed E-state index contributed by atoms with van der Waals surface area (Å²) in [5.74, 6) is -0.130. The molecule has 0 bridgehead atoms. The number of amides is 2. The van der Waals surface area contributed by atoms with E-state index in [0.29, 0.717) is 18.7 Å². The lowest BCUT2D eigenvalue weighted by Crippen LogP contribution is -2.48. The number of morpholine rings is 1. The molecule has 0 spiro atoms. The molecule has 0 unspecified atom stereocenters. The number of piperidine rings is 1. The maximum absolute atomic E-state index is 12.3. The Bertz CT molecular complexity index is 582. The van der Waals surface area contributed by atoms with E-state index in [1.165, 1.54) is 24.9 Å². The van der Waals surface area contributed by atoms with Gasteiger partial charge in [-0.1, -0.05) is 0 Å². The smallest absolute Gasteiger partial charge is 0.251 e. The summed E-state index contributed by atoms with van der Waals surface area (Å²) < 4.78 is 5.43. The Balaban J connectivity index is 1.50. The lowest BCUT2D eigenvalue weighted by atomic mass is 10.1. The Morgan fingerprint density at radius 3 is 2.58 bits per heavy atom. The maximum atomic E-state index is 12.3. The van der Waals surface area contributed by atoms with Crippen molar-refractivity contribution in [1.82, 2.24) is 10.2 Å². The van der Waals surface area contributed by atoms with Crippen molar-refractivity contribution >= 4 is 17.5 Å². The quantitative estimate of drug-likeness (QED) is 0.902. The largest absolute Gasteiger partial charge is 0.372 e. The summed E-state index contributed by atoms with van der Waals surface area (Å²) in [5, 5.41) is 2.89. The van der Waals surface area contributed by atoms with Gasteiger partial charge < -0.3 is 19.9 Å². The van der Waals surface area contributed by atoms with Crippen LogP contribution in [-0.4, -0.2) is 62.7 Å². The summed E-state index contributed by atoms with van der Waals surface area (Å²) in [6.07, 6.45) is 3.63.